The molecule has 2 atom stereocenters. The Morgan fingerprint density at radius 2 is 2.09 bits per heavy atom. The highest BCUT2D eigenvalue weighted by molar-refractivity contribution is 7.88. The average Bonchev–Trinajstić information content (AvgIpc) is 2.97. The van der Waals surface area contributed by atoms with Crippen molar-refractivity contribution in [1.29, 1.82) is 0 Å². The Labute approximate surface area is 129 Å². The largest absolute Gasteiger partial charge is 0.376 e. The van der Waals surface area contributed by atoms with Gasteiger partial charge in [0.1, 0.15) is 5.82 Å². The number of halogens is 1. The van der Waals surface area contributed by atoms with Crippen LogP contribution in [0.3, 0.4) is 0 Å². The zero-order valence-corrected chi connectivity index (χ0v) is 13.0. The first-order chi connectivity index (χ1) is 10.3. The molecule has 22 heavy (non-hydrogen) atoms. The fourth-order valence-electron chi connectivity index (χ4n) is 2.35. The van der Waals surface area contributed by atoms with Gasteiger partial charge in [-0.2, -0.15) is 0 Å². The molecule has 6 nitrogen and oxygen atoms in total. The van der Waals surface area contributed by atoms with Gasteiger partial charge in [-0.15, -0.1) is 0 Å². The van der Waals surface area contributed by atoms with E-state index in [0.717, 1.165) is 24.7 Å². The maximum atomic E-state index is 13.0. The van der Waals surface area contributed by atoms with Crippen molar-refractivity contribution in [1.82, 2.24) is 10.0 Å². The van der Waals surface area contributed by atoms with Gasteiger partial charge in [0.05, 0.1) is 24.9 Å². The number of benzene rings is 1. The van der Waals surface area contributed by atoms with E-state index < -0.39 is 22.0 Å². The molecule has 0 bridgehead atoms. The van der Waals surface area contributed by atoms with Gasteiger partial charge in [0.15, 0.2) is 0 Å². The number of ether oxygens (including phenoxy) is 1. The second-order valence-corrected chi connectivity index (χ2v) is 7.07. The summed E-state index contributed by atoms with van der Waals surface area (Å²) in [5, 5.41) is 2.75. The van der Waals surface area contributed by atoms with Crippen molar-refractivity contribution in [3.8, 4) is 0 Å². The molecule has 0 aromatic heterocycles. The summed E-state index contributed by atoms with van der Waals surface area (Å²) >= 11 is 0. The predicted molar refractivity (Wildman–Crippen MR) is 79.1 cm³/mol. The minimum absolute atomic E-state index is 0.201. The predicted octanol–water partition coefficient (Wildman–Crippen LogP) is 0.711. The van der Waals surface area contributed by atoms with Crippen LogP contribution in [0.1, 0.15) is 24.4 Å². The van der Waals surface area contributed by atoms with E-state index in [2.05, 4.69) is 10.0 Å². The number of hydrogen-bond donors (Lipinski definition) is 2. The lowest BCUT2D eigenvalue weighted by atomic mass is 9.99. The Kier molecular flexibility index (Phi) is 5.49. The molecule has 1 aliphatic rings. The second-order valence-electron chi connectivity index (χ2n) is 5.24. The van der Waals surface area contributed by atoms with Crippen LogP contribution in [0, 0.1) is 5.82 Å². The summed E-state index contributed by atoms with van der Waals surface area (Å²) in [6.45, 7) is 0.267. The van der Waals surface area contributed by atoms with Crippen LogP contribution in [0.2, 0.25) is 0 Å². The maximum absolute atomic E-state index is 13.0. The van der Waals surface area contributed by atoms with E-state index >= 15 is 0 Å². The van der Waals surface area contributed by atoms with E-state index in [0.29, 0.717) is 6.61 Å². The van der Waals surface area contributed by atoms with Crippen LogP contribution >= 0.6 is 0 Å². The van der Waals surface area contributed by atoms with Crippen LogP contribution < -0.4 is 10.0 Å². The van der Waals surface area contributed by atoms with Crippen molar-refractivity contribution in [2.75, 3.05) is 19.4 Å². The van der Waals surface area contributed by atoms with Gasteiger partial charge in [0, 0.05) is 6.61 Å². The lowest BCUT2D eigenvalue weighted by molar-refractivity contribution is -0.121. The van der Waals surface area contributed by atoms with Crippen molar-refractivity contribution in [3.63, 3.8) is 0 Å². The molecule has 0 saturated carbocycles. The minimum Gasteiger partial charge on any atom is -0.376 e. The summed E-state index contributed by atoms with van der Waals surface area (Å²) in [5.74, 6) is -0.824. The zero-order chi connectivity index (χ0) is 16.2. The third-order valence-corrected chi connectivity index (χ3v) is 4.05. The molecule has 0 spiro atoms. The van der Waals surface area contributed by atoms with Crippen molar-refractivity contribution >= 4 is 15.9 Å². The molecule has 2 rings (SSSR count). The Morgan fingerprint density at radius 3 is 2.64 bits per heavy atom. The molecule has 2 N–H and O–H groups in total. The van der Waals surface area contributed by atoms with Crippen LogP contribution in [-0.4, -0.2) is 39.8 Å². The summed E-state index contributed by atoms with van der Waals surface area (Å²) in [4.78, 5) is 11.9. The fourth-order valence-corrected chi connectivity index (χ4v) is 2.74. The molecule has 1 fully saturated rings. The first kappa shape index (κ1) is 16.9. The van der Waals surface area contributed by atoms with Gasteiger partial charge in [0.2, 0.25) is 15.9 Å². The average molecular weight is 330 g/mol. The van der Waals surface area contributed by atoms with E-state index in [1.807, 2.05) is 0 Å². The third-order valence-electron chi connectivity index (χ3n) is 3.38. The van der Waals surface area contributed by atoms with Crippen molar-refractivity contribution in [2.24, 2.45) is 0 Å². The van der Waals surface area contributed by atoms with Gasteiger partial charge in [-0.05, 0) is 30.5 Å². The molecule has 1 heterocycles. The molecule has 0 unspecified atom stereocenters. The maximum Gasteiger partial charge on any atom is 0.235 e. The first-order valence-corrected chi connectivity index (χ1v) is 8.85. The van der Waals surface area contributed by atoms with Gasteiger partial charge in [-0.3, -0.25) is 4.79 Å². The smallest absolute Gasteiger partial charge is 0.235 e. The monoisotopic (exact) mass is 330 g/mol. The number of hydrogen-bond acceptors (Lipinski definition) is 4. The third kappa shape index (κ3) is 5.04. The number of rotatable bonds is 6. The Balaban J connectivity index is 2.07. The van der Waals surface area contributed by atoms with Gasteiger partial charge >= 0.3 is 0 Å². The number of sulfonamides is 1. The van der Waals surface area contributed by atoms with E-state index in [9.17, 15) is 17.6 Å². The summed E-state index contributed by atoms with van der Waals surface area (Å²) in [6, 6.07) is 5.38. The summed E-state index contributed by atoms with van der Waals surface area (Å²) in [6.07, 6.45) is 2.45. The van der Waals surface area contributed by atoms with Crippen molar-refractivity contribution in [2.45, 2.75) is 25.0 Å². The van der Waals surface area contributed by atoms with Gasteiger partial charge in [-0.1, -0.05) is 12.1 Å². The van der Waals surface area contributed by atoms with Crippen LogP contribution in [0.5, 0.6) is 0 Å². The molecule has 8 heteroatoms. The highest BCUT2D eigenvalue weighted by Gasteiger charge is 2.28. The number of nitrogens with one attached hydrogen (secondary N) is 2. The number of amides is 1. The molecular weight excluding hydrogens is 311 g/mol. The SMILES string of the molecule is CS(=O)(=O)NCC(=O)N[C@H](c1ccc(F)cc1)[C@@H]1CCCO1. The molecule has 1 aliphatic heterocycles. The Bertz CT molecular complexity index is 612. The molecular formula is C14H19FN2O4S. The normalized spacial score (nSPS) is 19.8. The lowest BCUT2D eigenvalue weighted by Crippen LogP contribution is -2.41. The summed E-state index contributed by atoms with van der Waals surface area (Å²) in [7, 11) is -3.44. The summed E-state index contributed by atoms with van der Waals surface area (Å²) < 4.78 is 42.8. The zero-order valence-electron chi connectivity index (χ0n) is 12.2. The fraction of sp³-hybridized carbons (Fsp3) is 0.500. The second kappa shape index (κ2) is 7.17. The Morgan fingerprint density at radius 1 is 1.41 bits per heavy atom. The van der Waals surface area contributed by atoms with Crippen molar-refractivity contribution < 1.29 is 22.3 Å². The van der Waals surface area contributed by atoms with Gasteiger partial charge in [-0.25, -0.2) is 17.5 Å². The quantitative estimate of drug-likeness (QED) is 0.805. The standard InChI is InChI=1S/C14H19FN2O4S/c1-22(19,20)16-9-13(18)17-14(12-3-2-8-21-12)10-4-6-11(15)7-5-10/h4-7,12,14,16H,2-3,8-9H2,1H3,(H,17,18)/t12-,14+/m0/s1. The number of carbonyl (C=O) groups is 1. The van der Waals surface area contributed by atoms with E-state index in [1.165, 1.54) is 12.1 Å². The first-order valence-electron chi connectivity index (χ1n) is 6.96. The molecule has 0 radical (unpaired) electrons. The molecule has 1 saturated heterocycles. The van der Waals surface area contributed by atoms with E-state index in [-0.39, 0.29) is 18.5 Å². The molecule has 1 amide bonds. The van der Waals surface area contributed by atoms with Crippen LogP contribution in [0.15, 0.2) is 24.3 Å². The number of carbonyl (C=O) groups excluding carboxylic acids is 1. The molecule has 1 aromatic carbocycles. The minimum atomic E-state index is -3.44. The van der Waals surface area contributed by atoms with E-state index in [4.69, 9.17) is 4.74 Å². The molecule has 122 valence electrons. The van der Waals surface area contributed by atoms with Crippen LogP contribution in [0.25, 0.3) is 0 Å². The van der Waals surface area contributed by atoms with E-state index in [1.54, 1.807) is 12.1 Å². The highest BCUT2D eigenvalue weighted by atomic mass is 32.2. The van der Waals surface area contributed by atoms with Crippen molar-refractivity contribution in [3.05, 3.63) is 35.6 Å². The molecule has 0 aliphatic carbocycles. The molecule has 1 aromatic rings. The lowest BCUT2D eigenvalue weighted by Gasteiger charge is -2.24. The Hall–Kier alpha value is -1.51. The van der Waals surface area contributed by atoms with Gasteiger partial charge in [0.25, 0.3) is 0 Å². The summed E-state index contributed by atoms with van der Waals surface area (Å²) in [5.41, 5.74) is 0.723. The van der Waals surface area contributed by atoms with Crippen LogP contribution in [0.4, 0.5) is 4.39 Å². The van der Waals surface area contributed by atoms with Crippen LogP contribution in [-0.2, 0) is 19.6 Å². The topological polar surface area (TPSA) is 84.5 Å². The van der Waals surface area contributed by atoms with Gasteiger partial charge < -0.3 is 10.1 Å². The highest BCUT2D eigenvalue weighted by Crippen LogP contribution is 2.27.